The second kappa shape index (κ2) is 2.33. The lowest BCUT2D eigenvalue weighted by Gasteiger charge is -2.37. The van der Waals surface area contributed by atoms with Crippen LogP contribution in [-0.2, 0) is 0 Å². The summed E-state index contributed by atoms with van der Waals surface area (Å²) in [7, 11) is 0. The molecule has 6 heteroatoms. The zero-order valence-electron chi connectivity index (χ0n) is 6.10. The summed E-state index contributed by atoms with van der Waals surface area (Å²) in [5, 5.41) is 53.4. The summed E-state index contributed by atoms with van der Waals surface area (Å²) in [6.07, 6.45) is -0.683. The van der Waals surface area contributed by atoms with Crippen molar-refractivity contribution in [2.75, 3.05) is 0 Å². The third-order valence-electron chi connectivity index (χ3n) is 1.87. The van der Waals surface area contributed by atoms with E-state index in [4.69, 9.17) is 30.6 Å². The molecule has 0 saturated carbocycles. The molecule has 12 heavy (non-hydrogen) atoms. The van der Waals surface area contributed by atoms with Gasteiger partial charge in [-0.25, -0.2) is 0 Å². The van der Waals surface area contributed by atoms with Gasteiger partial charge in [-0.3, -0.25) is 0 Å². The fraction of sp³-hybridized carbons (Fsp3) is 0.667. The quantitative estimate of drug-likeness (QED) is 0.250. The van der Waals surface area contributed by atoms with Gasteiger partial charge in [-0.15, -0.1) is 0 Å². The average molecular weight is 178 g/mol. The Hall–Kier alpha value is -0.820. The predicted octanol–water partition coefficient (Wildman–Crippen LogP) is -1.53. The molecule has 0 spiro atoms. The first-order valence-electron chi connectivity index (χ1n) is 3.30. The first kappa shape index (κ1) is 9.27. The number of hydrogen-bond acceptors (Lipinski definition) is 6. The van der Waals surface area contributed by atoms with Gasteiger partial charge >= 0.3 is 0 Å². The Kier molecular flexibility index (Phi) is 1.80. The highest BCUT2D eigenvalue weighted by atomic mass is 16.6. The van der Waals surface area contributed by atoms with Crippen molar-refractivity contribution in [2.24, 2.45) is 0 Å². The van der Waals surface area contributed by atoms with Crippen molar-refractivity contribution in [3.05, 3.63) is 11.5 Å². The Morgan fingerprint density at radius 2 is 1.50 bits per heavy atom. The summed E-state index contributed by atoms with van der Waals surface area (Å²) in [5.74, 6) is -7.91. The number of aliphatic hydroxyl groups is 6. The van der Waals surface area contributed by atoms with Crippen LogP contribution in [0.5, 0.6) is 0 Å². The smallest absolute Gasteiger partial charge is 0.281 e. The lowest BCUT2D eigenvalue weighted by molar-refractivity contribution is -0.356. The van der Waals surface area contributed by atoms with Gasteiger partial charge in [-0.1, -0.05) is 0 Å². The molecule has 0 amide bonds. The molecule has 6 N–H and O–H groups in total. The van der Waals surface area contributed by atoms with Crippen LogP contribution in [0.15, 0.2) is 11.5 Å². The zero-order chi connectivity index (χ0) is 9.57. The van der Waals surface area contributed by atoms with Crippen molar-refractivity contribution in [1.82, 2.24) is 0 Å². The van der Waals surface area contributed by atoms with Gasteiger partial charge in [0.1, 0.15) is 5.76 Å². The molecule has 0 radical (unpaired) electrons. The summed E-state index contributed by atoms with van der Waals surface area (Å²) >= 11 is 0. The summed E-state index contributed by atoms with van der Waals surface area (Å²) in [4.78, 5) is 0. The van der Waals surface area contributed by atoms with Crippen molar-refractivity contribution in [3.8, 4) is 0 Å². The molecular weight excluding hydrogens is 168 g/mol. The molecule has 6 nitrogen and oxygen atoms in total. The monoisotopic (exact) mass is 178 g/mol. The Bertz CT molecular complexity index is 228. The third kappa shape index (κ3) is 1.05. The molecule has 1 aliphatic rings. The Morgan fingerprint density at radius 1 is 1.00 bits per heavy atom. The van der Waals surface area contributed by atoms with Crippen LogP contribution in [0, 0.1) is 0 Å². The largest absolute Gasteiger partial charge is 0.509 e. The molecule has 0 aliphatic heterocycles. The fourth-order valence-electron chi connectivity index (χ4n) is 0.976. The number of allylic oxidation sites excluding steroid dienone is 1. The molecule has 70 valence electrons. The molecule has 0 fully saturated rings. The lowest BCUT2D eigenvalue weighted by Crippen LogP contribution is -2.57. The van der Waals surface area contributed by atoms with Crippen molar-refractivity contribution >= 4 is 0 Å². The summed E-state index contributed by atoms with van der Waals surface area (Å²) in [6.45, 7) is 0. The first-order chi connectivity index (χ1) is 5.29. The topological polar surface area (TPSA) is 121 Å². The van der Waals surface area contributed by atoms with E-state index >= 15 is 0 Å². The maximum absolute atomic E-state index is 8.94. The van der Waals surface area contributed by atoms with E-state index in [1.807, 2.05) is 0 Å². The van der Waals surface area contributed by atoms with Crippen LogP contribution in [0.4, 0.5) is 0 Å². The van der Waals surface area contributed by atoms with Gasteiger partial charge in [0.25, 0.3) is 5.79 Å². The molecule has 1 rings (SSSR count). The SMILES string of the molecule is OC1=C(O)C(O)(O)C(O)(O)CC1. The Morgan fingerprint density at radius 3 is 1.92 bits per heavy atom. The van der Waals surface area contributed by atoms with Gasteiger partial charge in [0.05, 0.1) is 0 Å². The normalized spacial score (nSPS) is 27.3. The Balaban J connectivity index is 3.12. The highest BCUT2D eigenvalue weighted by Crippen LogP contribution is 2.35. The molecule has 0 atom stereocenters. The van der Waals surface area contributed by atoms with Gasteiger partial charge < -0.3 is 30.6 Å². The van der Waals surface area contributed by atoms with Crippen molar-refractivity contribution < 1.29 is 30.6 Å². The average Bonchev–Trinajstić information content (AvgIpc) is 1.96. The molecule has 1 aliphatic carbocycles. The third-order valence-corrected chi connectivity index (χ3v) is 1.87. The standard InChI is InChI=1S/C6H10O6/c7-3-1-2-5(9,10)6(11,12)4(3)8/h7-12H,1-2H2. The first-order valence-corrected chi connectivity index (χ1v) is 3.30. The number of rotatable bonds is 0. The van der Waals surface area contributed by atoms with Crippen LogP contribution in [0.3, 0.4) is 0 Å². The van der Waals surface area contributed by atoms with Gasteiger partial charge in [0.15, 0.2) is 5.76 Å². The minimum absolute atomic E-state index is 0.221. The maximum atomic E-state index is 8.94. The number of hydrogen-bond donors (Lipinski definition) is 6. The number of aliphatic hydroxyl groups excluding tert-OH is 2. The van der Waals surface area contributed by atoms with Crippen LogP contribution < -0.4 is 0 Å². The van der Waals surface area contributed by atoms with Crippen molar-refractivity contribution in [2.45, 2.75) is 24.4 Å². The van der Waals surface area contributed by atoms with Crippen molar-refractivity contribution in [3.63, 3.8) is 0 Å². The minimum Gasteiger partial charge on any atom is -0.509 e. The second-order valence-corrected chi connectivity index (χ2v) is 2.78. The van der Waals surface area contributed by atoms with E-state index in [-0.39, 0.29) is 6.42 Å². The maximum Gasteiger partial charge on any atom is 0.281 e. The van der Waals surface area contributed by atoms with Gasteiger partial charge in [-0.2, -0.15) is 0 Å². The van der Waals surface area contributed by atoms with E-state index in [0.29, 0.717) is 0 Å². The second-order valence-electron chi connectivity index (χ2n) is 2.78. The summed E-state index contributed by atoms with van der Waals surface area (Å²) < 4.78 is 0. The van der Waals surface area contributed by atoms with Crippen LogP contribution in [-0.4, -0.2) is 42.2 Å². The molecule has 0 bridgehead atoms. The Labute approximate surface area is 67.6 Å². The van der Waals surface area contributed by atoms with E-state index in [1.54, 1.807) is 0 Å². The predicted molar refractivity (Wildman–Crippen MR) is 35.9 cm³/mol. The fourth-order valence-corrected chi connectivity index (χ4v) is 0.976. The van der Waals surface area contributed by atoms with Gasteiger partial charge in [0, 0.05) is 12.8 Å². The van der Waals surface area contributed by atoms with Crippen LogP contribution in [0.1, 0.15) is 12.8 Å². The van der Waals surface area contributed by atoms with E-state index in [2.05, 4.69) is 0 Å². The highest BCUT2D eigenvalue weighted by molar-refractivity contribution is 5.16. The summed E-state index contributed by atoms with van der Waals surface area (Å²) in [6, 6.07) is 0. The molecule has 0 saturated heterocycles. The van der Waals surface area contributed by atoms with E-state index in [1.165, 1.54) is 0 Å². The molecular formula is C6H10O6. The van der Waals surface area contributed by atoms with Crippen LogP contribution in [0.2, 0.25) is 0 Å². The van der Waals surface area contributed by atoms with Gasteiger partial charge in [-0.05, 0) is 0 Å². The lowest BCUT2D eigenvalue weighted by atomic mass is 9.91. The van der Waals surface area contributed by atoms with E-state index in [0.717, 1.165) is 0 Å². The van der Waals surface area contributed by atoms with Crippen molar-refractivity contribution in [1.29, 1.82) is 0 Å². The molecule has 0 unspecified atom stereocenters. The van der Waals surface area contributed by atoms with E-state index < -0.39 is 29.5 Å². The van der Waals surface area contributed by atoms with E-state index in [9.17, 15) is 0 Å². The van der Waals surface area contributed by atoms with Crippen LogP contribution in [0.25, 0.3) is 0 Å². The molecule has 0 aromatic heterocycles. The van der Waals surface area contributed by atoms with Gasteiger partial charge in [0.2, 0.25) is 5.79 Å². The molecule has 0 heterocycles. The summed E-state index contributed by atoms with van der Waals surface area (Å²) in [5.41, 5.74) is 0. The minimum atomic E-state index is -3.20. The zero-order valence-corrected chi connectivity index (χ0v) is 6.10. The van der Waals surface area contributed by atoms with Crippen LogP contribution >= 0.6 is 0 Å². The molecule has 0 aromatic rings. The highest BCUT2D eigenvalue weighted by Gasteiger charge is 2.54. The molecule has 0 aromatic carbocycles.